The first-order valence-electron chi connectivity index (χ1n) is 5.42. The van der Waals surface area contributed by atoms with E-state index in [9.17, 15) is 0 Å². The van der Waals surface area contributed by atoms with E-state index in [0.29, 0.717) is 6.04 Å². The van der Waals surface area contributed by atoms with Gasteiger partial charge in [-0.25, -0.2) is 0 Å². The molecule has 2 aromatic heterocycles. The molecule has 0 saturated heterocycles. The number of hydrogen-bond donors (Lipinski definition) is 1. The Hall–Kier alpha value is -0.640. The molecule has 0 fully saturated rings. The lowest BCUT2D eigenvalue weighted by Gasteiger charge is -2.14. The summed E-state index contributed by atoms with van der Waals surface area (Å²) in [5, 5.41) is 3.42. The van der Waals surface area contributed by atoms with Crippen LogP contribution < -0.4 is 5.32 Å². The van der Waals surface area contributed by atoms with Crippen LogP contribution >= 0.6 is 22.7 Å². The third-order valence-electron chi connectivity index (χ3n) is 2.72. The minimum absolute atomic E-state index is 0.351. The van der Waals surface area contributed by atoms with Crippen LogP contribution in [0.15, 0.2) is 18.2 Å². The van der Waals surface area contributed by atoms with Crippen molar-refractivity contribution in [3.8, 4) is 0 Å². The van der Waals surface area contributed by atoms with Gasteiger partial charge in [0.15, 0.2) is 0 Å². The standard InChI is InChI=1S/C13H17NS2/c1-8-5-6-12(16-8)13(14-4)11-7-9(2)15-10(11)3/h5-7,13-14H,1-4H3. The van der Waals surface area contributed by atoms with Crippen molar-refractivity contribution >= 4 is 22.7 Å². The van der Waals surface area contributed by atoms with E-state index in [0.717, 1.165) is 0 Å². The highest BCUT2D eigenvalue weighted by molar-refractivity contribution is 7.12. The molecule has 0 aromatic carbocycles. The molecule has 0 bridgehead atoms. The summed E-state index contributed by atoms with van der Waals surface area (Å²) in [6.07, 6.45) is 0. The topological polar surface area (TPSA) is 12.0 Å². The maximum atomic E-state index is 3.42. The number of thiophene rings is 2. The lowest BCUT2D eigenvalue weighted by molar-refractivity contribution is 0.702. The second-order valence-corrected chi connectivity index (χ2v) is 6.82. The van der Waals surface area contributed by atoms with Gasteiger partial charge in [-0.05, 0) is 51.6 Å². The minimum atomic E-state index is 0.351. The fourth-order valence-corrected chi connectivity index (χ4v) is 3.97. The minimum Gasteiger partial charge on any atom is -0.309 e. The van der Waals surface area contributed by atoms with Crippen molar-refractivity contribution in [3.05, 3.63) is 43.3 Å². The second kappa shape index (κ2) is 4.70. The molecule has 1 N–H and O–H groups in total. The zero-order chi connectivity index (χ0) is 11.7. The van der Waals surface area contributed by atoms with E-state index in [4.69, 9.17) is 0 Å². The Labute approximate surface area is 105 Å². The van der Waals surface area contributed by atoms with Gasteiger partial charge in [0, 0.05) is 19.5 Å². The van der Waals surface area contributed by atoms with E-state index in [1.807, 2.05) is 29.7 Å². The van der Waals surface area contributed by atoms with Gasteiger partial charge in [0.05, 0.1) is 6.04 Å². The number of hydrogen-bond acceptors (Lipinski definition) is 3. The Morgan fingerprint density at radius 1 is 1.06 bits per heavy atom. The van der Waals surface area contributed by atoms with E-state index < -0.39 is 0 Å². The molecule has 0 aliphatic rings. The first kappa shape index (κ1) is 11.8. The van der Waals surface area contributed by atoms with E-state index in [1.165, 1.54) is 25.1 Å². The van der Waals surface area contributed by atoms with Crippen molar-refractivity contribution in [1.29, 1.82) is 0 Å². The first-order chi connectivity index (χ1) is 7.61. The fraction of sp³-hybridized carbons (Fsp3) is 0.385. The predicted molar refractivity (Wildman–Crippen MR) is 73.8 cm³/mol. The maximum absolute atomic E-state index is 3.42. The predicted octanol–water partition coefficient (Wildman–Crippen LogP) is 4.04. The highest BCUT2D eigenvalue weighted by Gasteiger charge is 2.17. The highest BCUT2D eigenvalue weighted by atomic mass is 32.1. The number of aryl methyl sites for hydroxylation is 3. The average molecular weight is 251 g/mol. The van der Waals surface area contributed by atoms with Crippen molar-refractivity contribution in [2.24, 2.45) is 0 Å². The molecule has 2 heterocycles. The van der Waals surface area contributed by atoms with Gasteiger partial charge in [-0.15, -0.1) is 22.7 Å². The van der Waals surface area contributed by atoms with Crippen molar-refractivity contribution in [2.75, 3.05) is 7.05 Å². The summed E-state index contributed by atoms with van der Waals surface area (Å²) in [5.41, 5.74) is 1.42. The number of nitrogens with one attached hydrogen (secondary N) is 1. The third kappa shape index (κ3) is 2.21. The van der Waals surface area contributed by atoms with Crippen LogP contribution in [0.1, 0.15) is 31.1 Å². The molecular weight excluding hydrogens is 234 g/mol. The molecule has 0 aliphatic carbocycles. The van der Waals surface area contributed by atoms with Gasteiger partial charge in [0.1, 0.15) is 0 Å². The molecule has 16 heavy (non-hydrogen) atoms. The Balaban J connectivity index is 2.40. The SMILES string of the molecule is CNC(c1ccc(C)s1)c1cc(C)sc1C. The fourth-order valence-electron chi connectivity index (χ4n) is 2.00. The molecule has 2 rings (SSSR count). The molecule has 2 aromatic rings. The summed E-state index contributed by atoms with van der Waals surface area (Å²) in [5.74, 6) is 0. The summed E-state index contributed by atoms with van der Waals surface area (Å²) in [4.78, 5) is 5.59. The smallest absolute Gasteiger partial charge is 0.0679 e. The van der Waals surface area contributed by atoms with E-state index >= 15 is 0 Å². The van der Waals surface area contributed by atoms with Crippen LogP contribution in [0.5, 0.6) is 0 Å². The largest absolute Gasteiger partial charge is 0.309 e. The van der Waals surface area contributed by atoms with Crippen molar-refractivity contribution in [1.82, 2.24) is 5.32 Å². The van der Waals surface area contributed by atoms with Gasteiger partial charge in [-0.2, -0.15) is 0 Å². The van der Waals surface area contributed by atoms with Crippen LogP contribution in [-0.4, -0.2) is 7.05 Å². The second-order valence-electron chi connectivity index (χ2n) is 4.04. The molecule has 3 heteroatoms. The molecule has 1 nitrogen and oxygen atoms in total. The molecule has 1 unspecified atom stereocenters. The van der Waals surface area contributed by atoms with E-state index in [2.05, 4.69) is 44.3 Å². The lowest BCUT2D eigenvalue weighted by atomic mass is 10.1. The molecule has 86 valence electrons. The molecule has 0 saturated carbocycles. The zero-order valence-corrected chi connectivity index (χ0v) is 11.8. The Bertz CT molecular complexity index is 482. The maximum Gasteiger partial charge on any atom is 0.0679 e. The summed E-state index contributed by atoms with van der Waals surface area (Å²) in [6.45, 7) is 6.54. The summed E-state index contributed by atoms with van der Waals surface area (Å²) < 4.78 is 0. The van der Waals surface area contributed by atoms with Crippen LogP contribution in [0.4, 0.5) is 0 Å². The summed E-state index contributed by atoms with van der Waals surface area (Å²) >= 11 is 3.75. The summed E-state index contributed by atoms with van der Waals surface area (Å²) in [7, 11) is 2.03. The van der Waals surface area contributed by atoms with Crippen molar-refractivity contribution < 1.29 is 0 Å². The molecule has 0 aliphatic heterocycles. The molecule has 0 spiro atoms. The van der Waals surface area contributed by atoms with Crippen LogP contribution in [0.2, 0.25) is 0 Å². The van der Waals surface area contributed by atoms with Crippen molar-refractivity contribution in [3.63, 3.8) is 0 Å². The first-order valence-corrected chi connectivity index (χ1v) is 7.05. The van der Waals surface area contributed by atoms with Gasteiger partial charge in [-0.3, -0.25) is 0 Å². The molecule has 0 amide bonds. The van der Waals surface area contributed by atoms with Crippen molar-refractivity contribution in [2.45, 2.75) is 26.8 Å². The number of rotatable bonds is 3. The zero-order valence-electron chi connectivity index (χ0n) is 10.1. The van der Waals surface area contributed by atoms with Crippen LogP contribution in [0.25, 0.3) is 0 Å². The van der Waals surface area contributed by atoms with E-state index in [-0.39, 0.29) is 0 Å². The Morgan fingerprint density at radius 3 is 2.25 bits per heavy atom. The quantitative estimate of drug-likeness (QED) is 0.868. The summed E-state index contributed by atoms with van der Waals surface area (Å²) in [6, 6.07) is 7.08. The Morgan fingerprint density at radius 2 is 1.81 bits per heavy atom. The average Bonchev–Trinajstić information content (AvgIpc) is 2.76. The van der Waals surface area contributed by atoms with Gasteiger partial charge in [0.25, 0.3) is 0 Å². The monoisotopic (exact) mass is 251 g/mol. The van der Waals surface area contributed by atoms with Gasteiger partial charge >= 0.3 is 0 Å². The molecular formula is C13H17NS2. The van der Waals surface area contributed by atoms with Crippen LogP contribution in [0, 0.1) is 20.8 Å². The van der Waals surface area contributed by atoms with E-state index in [1.54, 1.807) is 0 Å². The molecule has 1 atom stereocenters. The Kier molecular flexibility index (Phi) is 3.47. The van der Waals surface area contributed by atoms with Gasteiger partial charge in [0.2, 0.25) is 0 Å². The van der Waals surface area contributed by atoms with Crippen LogP contribution in [0.3, 0.4) is 0 Å². The lowest BCUT2D eigenvalue weighted by Crippen LogP contribution is -2.16. The normalized spacial score (nSPS) is 13.0. The third-order valence-corrected chi connectivity index (χ3v) is 4.77. The molecule has 0 radical (unpaired) electrons. The van der Waals surface area contributed by atoms with Crippen LogP contribution in [-0.2, 0) is 0 Å². The van der Waals surface area contributed by atoms with Gasteiger partial charge in [-0.1, -0.05) is 0 Å². The van der Waals surface area contributed by atoms with Gasteiger partial charge < -0.3 is 5.32 Å². The highest BCUT2D eigenvalue weighted by Crippen LogP contribution is 2.33.